The number of nitrogens with one attached hydrogen (secondary N) is 3. The number of benzene rings is 1. The lowest BCUT2D eigenvalue weighted by Gasteiger charge is -2.07. The number of rotatable bonds is 5. The quantitative estimate of drug-likeness (QED) is 0.790. The number of carbonyl (C=O) groups is 2. The highest BCUT2D eigenvalue weighted by Gasteiger charge is 2.10. The van der Waals surface area contributed by atoms with E-state index in [9.17, 15) is 9.59 Å². The van der Waals surface area contributed by atoms with Crippen molar-refractivity contribution in [3.8, 4) is 0 Å². The molecule has 2 amide bonds. The average Bonchev–Trinajstić information content (AvgIpc) is 2.87. The van der Waals surface area contributed by atoms with Gasteiger partial charge in [0.05, 0.1) is 18.1 Å². The zero-order valence-corrected chi connectivity index (χ0v) is 12.9. The van der Waals surface area contributed by atoms with Gasteiger partial charge in [-0.05, 0) is 30.5 Å². The molecule has 1 heterocycles. The zero-order chi connectivity index (χ0) is 16.1. The Kier molecular flexibility index (Phi) is 4.98. The van der Waals surface area contributed by atoms with Crippen LogP contribution >= 0.6 is 0 Å². The summed E-state index contributed by atoms with van der Waals surface area (Å²) < 4.78 is 4.50. The van der Waals surface area contributed by atoms with Crippen molar-refractivity contribution in [3.63, 3.8) is 0 Å². The molecule has 7 heteroatoms. The Balaban J connectivity index is 2.09. The van der Waals surface area contributed by atoms with Gasteiger partial charge in [0.25, 0.3) is 5.91 Å². The highest BCUT2D eigenvalue weighted by atomic mass is 16.5. The molecule has 0 saturated carbocycles. The minimum Gasteiger partial charge on any atom is -0.453 e. The monoisotopic (exact) mass is 304 g/mol. The second-order valence-electron chi connectivity index (χ2n) is 5.37. The molecule has 0 atom stereocenters. The maximum absolute atomic E-state index is 12.1. The molecule has 118 valence electrons. The van der Waals surface area contributed by atoms with Crippen LogP contribution in [0.3, 0.4) is 0 Å². The molecule has 0 aliphatic rings. The fourth-order valence-electron chi connectivity index (χ4n) is 1.93. The minimum atomic E-state index is -0.606. The number of anilines is 1. The molecule has 2 aromatic rings. The summed E-state index contributed by atoms with van der Waals surface area (Å²) in [6.45, 7) is 4.87. The highest BCUT2D eigenvalue weighted by Crippen LogP contribution is 2.16. The fourth-order valence-corrected chi connectivity index (χ4v) is 1.93. The number of hydrogen-bond acceptors (Lipinski definition) is 4. The molecular formula is C15H20N4O3. The predicted molar refractivity (Wildman–Crippen MR) is 83.9 cm³/mol. The molecule has 1 aromatic carbocycles. The van der Waals surface area contributed by atoms with Gasteiger partial charge >= 0.3 is 6.09 Å². The number of imidazole rings is 1. The van der Waals surface area contributed by atoms with Crippen molar-refractivity contribution in [2.24, 2.45) is 5.92 Å². The number of hydrogen-bond donors (Lipinski definition) is 3. The maximum atomic E-state index is 12.1. The molecule has 3 N–H and O–H groups in total. The molecule has 2 rings (SSSR count). The van der Waals surface area contributed by atoms with Crippen molar-refractivity contribution in [2.45, 2.75) is 20.3 Å². The minimum absolute atomic E-state index is 0.125. The summed E-state index contributed by atoms with van der Waals surface area (Å²) in [6, 6.07) is 5.14. The van der Waals surface area contributed by atoms with Gasteiger partial charge in [0, 0.05) is 12.1 Å². The summed E-state index contributed by atoms with van der Waals surface area (Å²) >= 11 is 0. The van der Waals surface area contributed by atoms with Crippen molar-refractivity contribution < 1.29 is 14.3 Å². The van der Waals surface area contributed by atoms with E-state index in [1.165, 1.54) is 7.11 Å². The van der Waals surface area contributed by atoms with Gasteiger partial charge in [-0.2, -0.15) is 0 Å². The van der Waals surface area contributed by atoms with Crippen molar-refractivity contribution in [1.82, 2.24) is 15.3 Å². The normalized spacial score (nSPS) is 10.7. The van der Waals surface area contributed by atoms with Crippen LogP contribution in [0.1, 0.15) is 30.6 Å². The first-order valence-corrected chi connectivity index (χ1v) is 7.12. The van der Waals surface area contributed by atoms with Gasteiger partial charge in [-0.25, -0.2) is 9.78 Å². The van der Waals surface area contributed by atoms with Crippen molar-refractivity contribution in [2.75, 3.05) is 19.0 Å². The Morgan fingerprint density at radius 2 is 2.14 bits per heavy atom. The van der Waals surface area contributed by atoms with E-state index >= 15 is 0 Å². The summed E-state index contributed by atoms with van der Waals surface area (Å²) in [4.78, 5) is 30.3. The highest BCUT2D eigenvalue weighted by molar-refractivity contribution is 5.97. The molecular weight excluding hydrogens is 284 g/mol. The number of nitrogens with zero attached hydrogens (tertiary/aromatic N) is 1. The number of fused-ring (bicyclic) bond motifs is 1. The van der Waals surface area contributed by atoms with E-state index in [4.69, 9.17) is 0 Å². The van der Waals surface area contributed by atoms with Crippen LogP contribution in [-0.4, -0.2) is 35.6 Å². The van der Waals surface area contributed by atoms with E-state index in [1.807, 2.05) is 0 Å². The molecule has 0 radical (unpaired) electrons. The molecule has 0 fully saturated rings. The largest absolute Gasteiger partial charge is 0.453 e. The van der Waals surface area contributed by atoms with Crippen LogP contribution in [0, 0.1) is 5.92 Å². The third-order valence-corrected chi connectivity index (χ3v) is 3.16. The van der Waals surface area contributed by atoms with Gasteiger partial charge < -0.3 is 15.0 Å². The number of amides is 2. The standard InChI is InChI=1S/C15H20N4O3/c1-9(2)6-7-16-13(20)10-4-5-11-12(8-10)18-14(17-11)19-15(21)22-3/h4-5,8-9H,6-7H2,1-3H3,(H,16,20)(H2,17,18,19,21). The molecule has 0 saturated heterocycles. The van der Waals surface area contributed by atoms with Crippen molar-refractivity contribution >= 4 is 29.0 Å². The molecule has 0 bridgehead atoms. The molecule has 7 nitrogen and oxygen atoms in total. The topological polar surface area (TPSA) is 96.1 Å². The first kappa shape index (κ1) is 15.8. The summed E-state index contributed by atoms with van der Waals surface area (Å²) in [6.07, 6.45) is 0.330. The van der Waals surface area contributed by atoms with Gasteiger partial charge in [0.2, 0.25) is 5.95 Å². The van der Waals surface area contributed by atoms with Crippen LogP contribution in [0.5, 0.6) is 0 Å². The van der Waals surface area contributed by atoms with E-state index in [2.05, 4.69) is 39.2 Å². The Morgan fingerprint density at radius 3 is 2.82 bits per heavy atom. The third kappa shape index (κ3) is 3.97. The molecule has 1 aromatic heterocycles. The lowest BCUT2D eigenvalue weighted by molar-refractivity contribution is 0.0952. The first-order valence-electron chi connectivity index (χ1n) is 7.12. The Labute approximate surface area is 128 Å². The number of carbonyl (C=O) groups excluding carboxylic acids is 2. The van der Waals surface area contributed by atoms with Crippen LogP contribution in [0.2, 0.25) is 0 Å². The van der Waals surface area contributed by atoms with Gasteiger partial charge in [-0.15, -0.1) is 0 Å². The molecule has 0 spiro atoms. The molecule has 22 heavy (non-hydrogen) atoms. The van der Waals surface area contributed by atoms with Crippen LogP contribution < -0.4 is 10.6 Å². The molecule has 0 unspecified atom stereocenters. The zero-order valence-electron chi connectivity index (χ0n) is 12.9. The van der Waals surface area contributed by atoms with Crippen LogP contribution in [0.4, 0.5) is 10.7 Å². The van der Waals surface area contributed by atoms with E-state index in [0.29, 0.717) is 29.1 Å². The van der Waals surface area contributed by atoms with Crippen LogP contribution in [0.25, 0.3) is 11.0 Å². The third-order valence-electron chi connectivity index (χ3n) is 3.16. The van der Waals surface area contributed by atoms with E-state index in [1.54, 1.807) is 18.2 Å². The van der Waals surface area contributed by atoms with Crippen LogP contribution in [0.15, 0.2) is 18.2 Å². The van der Waals surface area contributed by atoms with Crippen molar-refractivity contribution in [1.29, 1.82) is 0 Å². The van der Waals surface area contributed by atoms with Gasteiger partial charge in [-0.3, -0.25) is 10.1 Å². The van der Waals surface area contributed by atoms with Crippen LogP contribution in [-0.2, 0) is 4.74 Å². The smallest absolute Gasteiger partial charge is 0.413 e. The first-order chi connectivity index (χ1) is 10.5. The van der Waals surface area contributed by atoms with Crippen molar-refractivity contribution in [3.05, 3.63) is 23.8 Å². The van der Waals surface area contributed by atoms with E-state index in [0.717, 1.165) is 6.42 Å². The summed E-state index contributed by atoms with van der Waals surface area (Å²) in [5.74, 6) is 0.696. The van der Waals surface area contributed by atoms with E-state index < -0.39 is 6.09 Å². The predicted octanol–water partition coefficient (Wildman–Crippen LogP) is 2.52. The van der Waals surface area contributed by atoms with Gasteiger partial charge in [0.1, 0.15) is 0 Å². The average molecular weight is 304 g/mol. The van der Waals surface area contributed by atoms with E-state index in [-0.39, 0.29) is 11.9 Å². The Hall–Kier alpha value is -2.57. The Morgan fingerprint density at radius 1 is 1.36 bits per heavy atom. The van der Waals surface area contributed by atoms with Gasteiger partial charge in [0.15, 0.2) is 0 Å². The lowest BCUT2D eigenvalue weighted by atomic mass is 10.1. The number of methoxy groups -OCH3 is 1. The summed E-state index contributed by atoms with van der Waals surface area (Å²) in [7, 11) is 1.28. The fraction of sp³-hybridized carbons (Fsp3) is 0.400. The second-order valence-corrected chi connectivity index (χ2v) is 5.37. The maximum Gasteiger partial charge on any atom is 0.413 e. The lowest BCUT2D eigenvalue weighted by Crippen LogP contribution is -2.25. The molecule has 0 aliphatic carbocycles. The summed E-state index contributed by atoms with van der Waals surface area (Å²) in [5, 5.41) is 5.33. The number of aromatic amines is 1. The molecule has 0 aliphatic heterocycles. The number of H-pyrrole nitrogens is 1. The number of ether oxygens (including phenoxy) is 1. The summed E-state index contributed by atoms with van der Waals surface area (Å²) in [5.41, 5.74) is 1.87. The van der Waals surface area contributed by atoms with Gasteiger partial charge in [-0.1, -0.05) is 13.8 Å². The Bertz CT molecular complexity index is 678. The second kappa shape index (κ2) is 6.93. The number of aromatic nitrogens is 2. The SMILES string of the molecule is COC(=O)Nc1nc2ccc(C(=O)NCCC(C)C)cc2[nH]1.